The van der Waals surface area contributed by atoms with Crippen molar-refractivity contribution in [2.45, 2.75) is 13.5 Å². The van der Waals surface area contributed by atoms with Crippen LogP contribution in [0.25, 0.3) is 11.3 Å². The van der Waals surface area contributed by atoms with Crippen molar-refractivity contribution in [2.75, 3.05) is 0 Å². The normalized spacial score (nSPS) is 10.7. The van der Waals surface area contributed by atoms with Crippen molar-refractivity contribution in [3.8, 4) is 22.8 Å². The average molecular weight is 416 g/mol. The third-order valence-electron chi connectivity index (χ3n) is 4.78. The van der Waals surface area contributed by atoms with E-state index in [0.717, 1.165) is 22.4 Å². The van der Waals surface area contributed by atoms with Crippen molar-refractivity contribution >= 4 is 5.91 Å². The number of halogens is 1. The molecule has 4 rings (SSSR count). The number of nitrogens with one attached hydrogen (secondary N) is 1. The molecule has 1 N–H and O–H groups in total. The largest absolute Gasteiger partial charge is 0.457 e. The number of nitrogens with zero attached hydrogens (tertiary/aromatic N) is 3. The van der Waals surface area contributed by atoms with E-state index in [4.69, 9.17) is 4.74 Å². The van der Waals surface area contributed by atoms with E-state index in [1.807, 2.05) is 32.3 Å². The van der Waals surface area contributed by atoms with E-state index in [1.165, 1.54) is 12.1 Å². The third kappa shape index (κ3) is 4.95. The molecule has 0 bridgehead atoms. The first-order valence-corrected chi connectivity index (χ1v) is 9.74. The van der Waals surface area contributed by atoms with Gasteiger partial charge in [-0.25, -0.2) is 4.39 Å². The second kappa shape index (κ2) is 8.79. The lowest BCUT2D eigenvalue weighted by molar-refractivity contribution is 0.0950. The average Bonchev–Trinajstić information content (AvgIpc) is 3.21. The lowest BCUT2D eigenvalue weighted by Crippen LogP contribution is -2.22. The Hall–Kier alpha value is -4.00. The summed E-state index contributed by atoms with van der Waals surface area (Å²) in [5, 5.41) is 7.01. The molecule has 2 aromatic heterocycles. The minimum absolute atomic E-state index is 0.236. The summed E-state index contributed by atoms with van der Waals surface area (Å²) in [5.41, 5.74) is 3.83. The molecular weight excluding hydrogens is 395 g/mol. The minimum atomic E-state index is -0.307. The maximum absolute atomic E-state index is 13.0. The molecule has 1 amide bonds. The number of aryl methyl sites for hydroxylation is 2. The van der Waals surface area contributed by atoms with Crippen LogP contribution in [-0.4, -0.2) is 20.7 Å². The number of carbonyl (C=O) groups excluding carboxylic acids is 1. The Morgan fingerprint density at radius 3 is 2.68 bits per heavy atom. The monoisotopic (exact) mass is 416 g/mol. The lowest BCUT2D eigenvalue weighted by Gasteiger charge is -2.12. The molecule has 7 heteroatoms. The zero-order valence-electron chi connectivity index (χ0n) is 17.2. The highest BCUT2D eigenvalue weighted by Crippen LogP contribution is 2.28. The summed E-state index contributed by atoms with van der Waals surface area (Å²) >= 11 is 0. The quantitative estimate of drug-likeness (QED) is 0.497. The molecule has 0 saturated carbocycles. The van der Waals surface area contributed by atoms with Crippen molar-refractivity contribution in [1.82, 2.24) is 20.1 Å². The van der Waals surface area contributed by atoms with Crippen molar-refractivity contribution in [3.05, 3.63) is 95.7 Å². The van der Waals surface area contributed by atoms with Gasteiger partial charge in [-0.05, 0) is 48.4 Å². The van der Waals surface area contributed by atoms with Crippen LogP contribution in [0.4, 0.5) is 4.39 Å². The van der Waals surface area contributed by atoms with E-state index in [9.17, 15) is 9.18 Å². The van der Waals surface area contributed by atoms with E-state index in [1.54, 1.807) is 47.4 Å². The Kier molecular flexibility index (Phi) is 5.75. The first-order valence-electron chi connectivity index (χ1n) is 9.74. The van der Waals surface area contributed by atoms with Gasteiger partial charge >= 0.3 is 0 Å². The van der Waals surface area contributed by atoms with Gasteiger partial charge in [0.2, 0.25) is 0 Å². The van der Waals surface area contributed by atoms with Crippen LogP contribution in [0.3, 0.4) is 0 Å². The molecule has 6 nitrogen and oxygen atoms in total. The topological polar surface area (TPSA) is 69.0 Å². The molecule has 2 heterocycles. The first-order chi connectivity index (χ1) is 15.0. The highest BCUT2D eigenvalue weighted by atomic mass is 19.1. The summed E-state index contributed by atoms with van der Waals surface area (Å²) in [5.74, 6) is 0.650. The molecule has 4 aromatic rings. The zero-order chi connectivity index (χ0) is 21.8. The van der Waals surface area contributed by atoms with E-state index in [2.05, 4.69) is 15.4 Å². The fourth-order valence-electron chi connectivity index (χ4n) is 3.05. The molecule has 0 radical (unpaired) electrons. The second-order valence-electron chi connectivity index (χ2n) is 7.17. The molecule has 0 aliphatic rings. The third-order valence-corrected chi connectivity index (χ3v) is 4.78. The maximum Gasteiger partial charge on any atom is 0.251 e. The molecule has 156 valence electrons. The maximum atomic E-state index is 13.0. The van der Waals surface area contributed by atoms with Crippen molar-refractivity contribution in [1.29, 1.82) is 0 Å². The number of pyridine rings is 1. The Morgan fingerprint density at radius 1 is 1.13 bits per heavy atom. The highest BCUT2D eigenvalue weighted by Gasteiger charge is 2.11. The first kappa shape index (κ1) is 20.3. The van der Waals surface area contributed by atoms with E-state index in [0.29, 0.717) is 23.6 Å². The van der Waals surface area contributed by atoms with Crippen molar-refractivity contribution in [3.63, 3.8) is 0 Å². The van der Waals surface area contributed by atoms with Crippen LogP contribution in [0.1, 0.15) is 21.5 Å². The van der Waals surface area contributed by atoms with Crippen LogP contribution in [0.5, 0.6) is 11.5 Å². The molecule has 0 unspecified atom stereocenters. The molecule has 0 aliphatic heterocycles. The number of hydrogen-bond donors (Lipinski definition) is 1. The second-order valence-corrected chi connectivity index (χ2v) is 7.17. The predicted molar refractivity (Wildman–Crippen MR) is 115 cm³/mol. The van der Waals surface area contributed by atoms with Gasteiger partial charge in [-0.3, -0.25) is 14.5 Å². The molecule has 0 spiro atoms. The minimum Gasteiger partial charge on any atom is -0.457 e. The summed E-state index contributed by atoms with van der Waals surface area (Å²) in [7, 11) is 1.85. The van der Waals surface area contributed by atoms with Crippen LogP contribution in [0.15, 0.2) is 73.2 Å². The fourth-order valence-corrected chi connectivity index (χ4v) is 3.05. The van der Waals surface area contributed by atoms with E-state index >= 15 is 0 Å². The molecule has 0 saturated heterocycles. The predicted octanol–water partition coefficient (Wildman–Crippen LogP) is 4.65. The Bertz CT molecular complexity index is 1220. The smallest absolute Gasteiger partial charge is 0.251 e. The van der Waals surface area contributed by atoms with Crippen LogP contribution in [0, 0.1) is 12.7 Å². The number of aromatic nitrogens is 3. The zero-order valence-corrected chi connectivity index (χ0v) is 17.2. The SMILES string of the molecule is Cc1ccc(C(=O)NCc2ccc(F)cc2)cc1Oc1ccnc(-c2cnn(C)c2)c1. The summed E-state index contributed by atoms with van der Waals surface area (Å²) in [6.07, 6.45) is 5.29. The van der Waals surface area contributed by atoms with Gasteiger partial charge in [0, 0.05) is 43.2 Å². The van der Waals surface area contributed by atoms with Crippen LogP contribution >= 0.6 is 0 Å². The van der Waals surface area contributed by atoms with Gasteiger partial charge in [0.25, 0.3) is 5.91 Å². The molecule has 0 aliphatic carbocycles. The molecule has 31 heavy (non-hydrogen) atoms. The van der Waals surface area contributed by atoms with Gasteiger partial charge in [0.15, 0.2) is 0 Å². The Labute approximate surface area is 179 Å². The van der Waals surface area contributed by atoms with Gasteiger partial charge in [-0.15, -0.1) is 0 Å². The number of rotatable bonds is 6. The number of amides is 1. The summed E-state index contributed by atoms with van der Waals surface area (Å²) in [4.78, 5) is 17.0. The Morgan fingerprint density at radius 2 is 1.94 bits per heavy atom. The van der Waals surface area contributed by atoms with Crippen LogP contribution in [-0.2, 0) is 13.6 Å². The van der Waals surface area contributed by atoms with Gasteiger partial charge in [-0.1, -0.05) is 18.2 Å². The van der Waals surface area contributed by atoms with Gasteiger partial charge in [-0.2, -0.15) is 5.10 Å². The van der Waals surface area contributed by atoms with Gasteiger partial charge in [0.1, 0.15) is 17.3 Å². The molecule has 2 aromatic carbocycles. The Balaban J connectivity index is 1.49. The fraction of sp³-hybridized carbons (Fsp3) is 0.125. The van der Waals surface area contributed by atoms with E-state index in [-0.39, 0.29) is 11.7 Å². The van der Waals surface area contributed by atoms with Crippen LogP contribution in [0.2, 0.25) is 0 Å². The van der Waals surface area contributed by atoms with Gasteiger partial charge < -0.3 is 10.1 Å². The van der Waals surface area contributed by atoms with Gasteiger partial charge in [0.05, 0.1) is 11.9 Å². The molecular formula is C24H21FN4O2. The van der Waals surface area contributed by atoms with Crippen molar-refractivity contribution < 1.29 is 13.9 Å². The number of ether oxygens (including phenoxy) is 1. The number of benzene rings is 2. The van der Waals surface area contributed by atoms with E-state index < -0.39 is 0 Å². The number of hydrogen-bond acceptors (Lipinski definition) is 4. The molecule has 0 atom stereocenters. The lowest BCUT2D eigenvalue weighted by atomic mass is 10.1. The number of carbonyl (C=O) groups is 1. The standard InChI is InChI=1S/C24H21FN4O2/c1-16-3-6-18(24(30)27-13-17-4-7-20(25)8-5-17)11-23(16)31-21-9-10-26-22(12-21)19-14-28-29(2)15-19/h3-12,14-15H,13H2,1-2H3,(H,27,30). The highest BCUT2D eigenvalue weighted by molar-refractivity contribution is 5.94. The van der Waals surface area contributed by atoms with Crippen LogP contribution < -0.4 is 10.1 Å². The summed E-state index contributed by atoms with van der Waals surface area (Å²) in [6, 6.07) is 14.9. The molecule has 0 fully saturated rings. The summed E-state index contributed by atoms with van der Waals surface area (Å²) < 4.78 is 20.8. The summed E-state index contributed by atoms with van der Waals surface area (Å²) in [6.45, 7) is 2.22. The van der Waals surface area contributed by atoms with Crippen molar-refractivity contribution in [2.24, 2.45) is 7.05 Å².